The number of nitrogens with zero attached hydrogens (tertiary/aromatic N) is 3. The number of amides is 1. The van der Waals surface area contributed by atoms with Crippen molar-refractivity contribution in [3.05, 3.63) is 70.6 Å². The van der Waals surface area contributed by atoms with Crippen molar-refractivity contribution in [1.29, 1.82) is 0 Å². The summed E-state index contributed by atoms with van der Waals surface area (Å²) in [6, 6.07) is 17.5. The third-order valence-corrected chi connectivity index (χ3v) is 5.02. The number of thiazole rings is 1. The van der Waals surface area contributed by atoms with Crippen LogP contribution in [0.2, 0.25) is 5.02 Å². The third-order valence-electron chi connectivity index (χ3n) is 3.96. The number of carbonyl (C=O) groups excluding carboxylic acids is 1. The van der Waals surface area contributed by atoms with E-state index in [0.717, 1.165) is 21.8 Å². The fraction of sp³-hybridized carbons (Fsp3) is 0.105. The number of hydrogen-bond acceptors (Lipinski definition) is 4. The molecule has 0 aliphatic carbocycles. The van der Waals surface area contributed by atoms with Crippen molar-refractivity contribution in [3.63, 3.8) is 0 Å². The van der Waals surface area contributed by atoms with Crippen LogP contribution in [-0.4, -0.2) is 20.5 Å². The summed E-state index contributed by atoms with van der Waals surface area (Å²) in [6.07, 6.45) is 1.08. The van der Waals surface area contributed by atoms with Crippen LogP contribution in [0.3, 0.4) is 0 Å². The van der Waals surface area contributed by atoms with Gasteiger partial charge in [-0.15, -0.1) is 16.4 Å². The number of aryl methyl sites for hydroxylation is 1. The van der Waals surface area contributed by atoms with Crippen LogP contribution in [0.4, 0.5) is 5.95 Å². The molecule has 0 unspecified atom stereocenters. The molecule has 0 spiro atoms. The maximum absolute atomic E-state index is 12.2. The summed E-state index contributed by atoms with van der Waals surface area (Å²) >= 11 is 7.42. The minimum absolute atomic E-state index is 0.0971. The van der Waals surface area contributed by atoms with Crippen molar-refractivity contribution in [2.24, 2.45) is 0 Å². The molecule has 0 saturated heterocycles. The van der Waals surface area contributed by atoms with Crippen LogP contribution in [0.15, 0.2) is 60.0 Å². The summed E-state index contributed by atoms with van der Waals surface area (Å²) in [5, 5.41) is 9.87. The molecule has 5 nitrogen and oxygen atoms in total. The average molecular weight is 383 g/mol. The molecule has 1 N–H and O–H groups in total. The van der Waals surface area contributed by atoms with E-state index in [1.165, 1.54) is 11.3 Å². The molecule has 2 aromatic heterocycles. The van der Waals surface area contributed by atoms with Gasteiger partial charge in [0.15, 0.2) is 0 Å². The second-order valence-corrected chi connectivity index (χ2v) is 7.06. The first-order chi connectivity index (χ1) is 12.7. The second-order valence-electron chi connectivity index (χ2n) is 5.79. The number of benzene rings is 2. The number of carbonyl (C=O) groups is 1. The molecule has 0 radical (unpaired) electrons. The number of rotatable bonds is 5. The zero-order chi connectivity index (χ0) is 17.9. The largest absolute Gasteiger partial charge is 0.293 e. The van der Waals surface area contributed by atoms with Crippen LogP contribution in [-0.2, 0) is 11.2 Å². The highest BCUT2D eigenvalue weighted by molar-refractivity contribution is 7.15. The highest BCUT2D eigenvalue weighted by atomic mass is 35.5. The maximum atomic E-state index is 12.2. The standard InChI is InChI=1S/C19H15ClN4OS/c20-15-9-7-14(8-10-15)16-12-26-19-22-18(23-24(16)19)21-17(25)11-6-13-4-2-1-3-5-13/h1-5,7-10,12H,6,11H2,(H,21,23,25). The van der Waals surface area contributed by atoms with Crippen LogP contribution in [0.1, 0.15) is 12.0 Å². The molecule has 4 aromatic rings. The molecule has 2 heterocycles. The molecular weight excluding hydrogens is 368 g/mol. The van der Waals surface area contributed by atoms with Crippen LogP contribution in [0.5, 0.6) is 0 Å². The van der Waals surface area contributed by atoms with Gasteiger partial charge in [-0.05, 0) is 24.1 Å². The lowest BCUT2D eigenvalue weighted by Gasteiger charge is -2.02. The molecule has 0 bridgehead atoms. The average Bonchev–Trinajstić information content (AvgIpc) is 3.22. The fourth-order valence-corrected chi connectivity index (χ4v) is 3.60. The first-order valence-electron chi connectivity index (χ1n) is 8.13. The normalized spacial score (nSPS) is 11.0. The van der Waals surface area contributed by atoms with Crippen LogP contribution < -0.4 is 5.32 Å². The van der Waals surface area contributed by atoms with Gasteiger partial charge in [0.2, 0.25) is 16.8 Å². The van der Waals surface area contributed by atoms with Gasteiger partial charge in [-0.3, -0.25) is 10.1 Å². The van der Waals surface area contributed by atoms with Crippen LogP contribution in [0.25, 0.3) is 16.2 Å². The minimum atomic E-state index is -0.0971. The van der Waals surface area contributed by atoms with Gasteiger partial charge < -0.3 is 0 Å². The lowest BCUT2D eigenvalue weighted by molar-refractivity contribution is -0.116. The van der Waals surface area contributed by atoms with E-state index < -0.39 is 0 Å². The van der Waals surface area contributed by atoms with Crippen LogP contribution in [0, 0.1) is 0 Å². The molecule has 130 valence electrons. The molecule has 0 saturated carbocycles. The molecule has 0 aliphatic heterocycles. The Balaban J connectivity index is 1.47. The van der Waals surface area contributed by atoms with Crippen molar-refractivity contribution in [3.8, 4) is 11.3 Å². The highest BCUT2D eigenvalue weighted by Crippen LogP contribution is 2.26. The number of anilines is 1. The minimum Gasteiger partial charge on any atom is -0.293 e. The van der Waals surface area contributed by atoms with E-state index >= 15 is 0 Å². The quantitative estimate of drug-likeness (QED) is 0.545. The van der Waals surface area contributed by atoms with Crippen molar-refractivity contribution in [2.75, 3.05) is 5.32 Å². The number of aromatic nitrogens is 3. The Morgan fingerprint density at radius 3 is 2.65 bits per heavy atom. The number of nitrogens with one attached hydrogen (secondary N) is 1. The molecule has 2 aromatic carbocycles. The van der Waals surface area contributed by atoms with Gasteiger partial charge in [-0.1, -0.05) is 54.1 Å². The summed E-state index contributed by atoms with van der Waals surface area (Å²) in [4.78, 5) is 17.3. The Morgan fingerprint density at radius 2 is 1.88 bits per heavy atom. The number of fused-ring (bicyclic) bond motifs is 1. The predicted octanol–water partition coefficient (Wildman–Crippen LogP) is 4.68. The molecule has 4 rings (SSSR count). The summed E-state index contributed by atoms with van der Waals surface area (Å²) in [6.45, 7) is 0. The Labute approximate surface area is 159 Å². The van der Waals surface area contributed by atoms with Gasteiger partial charge >= 0.3 is 0 Å². The van der Waals surface area contributed by atoms with Gasteiger partial charge in [0.25, 0.3) is 0 Å². The van der Waals surface area contributed by atoms with Crippen LogP contribution >= 0.6 is 22.9 Å². The van der Waals surface area contributed by atoms with Crippen molar-refractivity contribution < 1.29 is 4.79 Å². The zero-order valence-electron chi connectivity index (χ0n) is 13.7. The molecule has 0 atom stereocenters. The van der Waals surface area contributed by atoms with E-state index in [2.05, 4.69) is 15.4 Å². The molecule has 26 heavy (non-hydrogen) atoms. The smallest absolute Gasteiger partial charge is 0.250 e. The lowest BCUT2D eigenvalue weighted by atomic mass is 10.1. The van der Waals surface area contributed by atoms with Gasteiger partial charge in [-0.25, -0.2) is 4.52 Å². The molecule has 0 aliphatic rings. The van der Waals surface area contributed by atoms with Gasteiger partial charge in [-0.2, -0.15) is 4.98 Å². The van der Waals surface area contributed by atoms with E-state index in [1.807, 2.05) is 60.0 Å². The summed E-state index contributed by atoms with van der Waals surface area (Å²) < 4.78 is 1.74. The summed E-state index contributed by atoms with van der Waals surface area (Å²) in [5.41, 5.74) is 3.04. The van der Waals surface area contributed by atoms with Crippen molar-refractivity contribution in [1.82, 2.24) is 14.6 Å². The number of halogens is 1. The van der Waals surface area contributed by atoms with E-state index in [1.54, 1.807) is 4.52 Å². The first-order valence-corrected chi connectivity index (χ1v) is 9.39. The molecule has 0 fully saturated rings. The van der Waals surface area contributed by atoms with E-state index in [9.17, 15) is 4.79 Å². The third kappa shape index (κ3) is 3.61. The highest BCUT2D eigenvalue weighted by Gasteiger charge is 2.13. The first kappa shape index (κ1) is 16.8. The molecule has 1 amide bonds. The fourth-order valence-electron chi connectivity index (χ4n) is 2.64. The Kier molecular flexibility index (Phi) is 4.69. The van der Waals surface area contributed by atoms with E-state index in [4.69, 9.17) is 11.6 Å². The lowest BCUT2D eigenvalue weighted by Crippen LogP contribution is -2.13. The van der Waals surface area contributed by atoms with Crippen molar-refractivity contribution in [2.45, 2.75) is 12.8 Å². The topological polar surface area (TPSA) is 59.3 Å². The second kappa shape index (κ2) is 7.27. The predicted molar refractivity (Wildman–Crippen MR) is 105 cm³/mol. The molecule has 7 heteroatoms. The Hall–Kier alpha value is -2.70. The van der Waals surface area contributed by atoms with E-state index in [0.29, 0.717) is 23.8 Å². The monoisotopic (exact) mass is 382 g/mol. The molecular formula is C19H15ClN4OS. The van der Waals surface area contributed by atoms with Gasteiger partial charge in [0, 0.05) is 22.4 Å². The van der Waals surface area contributed by atoms with Gasteiger partial charge in [0.05, 0.1) is 5.69 Å². The maximum Gasteiger partial charge on any atom is 0.250 e. The Bertz CT molecular complexity index is 1040. The number of hydrogen-bond donors (Lipinski definition) is 1. The summed E-state index contributed by atoms with van der Waals surface area (Å²) in [5.74, 6) is 0.227. The summed E-state index contributed by atoms with van der Waals surface area (Å²) in [7, 11) is 0. The van der Waals surface area contributed by atoms with E-state index in [-0.39, 0.29) is 5.91 Å². The Morgan fingerprint density at radius 1 is 1.12 bits per heavy atom. The zero-order valence-corrected chi connectivity index (χ0v) is 15.3. The van der Waals surface area contributed by atoms with Crippen molar-refractivity contribution >= 4 is 39.8 Å². The SMILES string of the molecule is O=C(CCc1ccccc1)Nc1nc2scc(-c3ccc(Cl)cc3)n2n1. The van der Waals surface area contributed by atoms with Gasteiger partial charge in [0.1, 0.15) is 0 Å².